The summed E-state index contributed by atoms with van der Waals surface area (Å²) >= 11 is 1.87. The third kappa shape index (κ3) is 4.12. The molecule has 0 unspecified atom stereocenters. The number of amides is 1. The van der Waals surface area contributed by atoms with Gasteiger partial charge in [-0.05, 0) is 63.6 Å². The summed E-state index contributed by atoms with van der Waals surface area (Å²) in [4.78, 5) is 28.9. The number of nitrogens with zero attached hydrogens (tertiary/aromatic N) is 4. The van der Waals surface area contributed by atoms with Crippen LogP contribution in [0.4, 0.5) is 5.82 Å². The lowest BCUT2D eigenvalue weighted by atomic mass is 10.1. The van der Waals surface area contributed by atoms with Gasteiger partial charge in [0.05, 0.1) is 11.9 Å². The van der Waals surface area contributed by atoms with Crippen molar-refractivity contribution in [2.24, 2.45) is 0 Å². The van der Waals surface area contributed by atoms with E-state index in [9.17, 15) is 4.79 Å². The standard InChI is InChI=1S/C22H31N5OS/c28-19-9-5-13-27(19)14-6-10-23-21-20-16-7-4-8-17(16)29-22(20)25-18(24-21)15-26-11-2-1-3-12-26/h1-15H2,(H,23,24,25). The van der Waals surface area contributed by atoms with Crippen molar-refractivity contribution in [3.05, 3.63) is 16.3 Å². The molecule has 2 aromatic rings. The first-order valence-electron chi connectivity index (χ1n) is 11.3. The molecule has 2 aromatic heterocycles. The molecule has 4 heterocycles. The van der Waals surface area contributed by atoms with Crippen LogP contribution in [0.25, 0.3) is 10.2 Å². The number of hydrogen-bond donors (Lipinski definition) is 1. The SMILES string of the molecule is O=C1CCCN1CCCNc1nc(CN2CCCCC2)nc2sc3c(c12)CCC3. The molecule has 0 bridgehead atoms. The number of rotatable bonds is 7. The van der Waals surface area contributed by atoms with E-state index in [1.807, 2.05) is 16.2 Å². The largest absolute Gasteiger partial charge is 0.369 e. The van der Waals surface area contributed by atoms with E-state index in [2.05, 4.69) is 10.2 Å². The average molecular weight is 414 g/mol. The second kappa shape index (κ2) is 8.56. The molecule has 0 spiro atoms. The van der Waals surface area contributed by atoms with Crippen molar-refractivity contribution in [3.63, 3.8) is 0 Å². The van der Waals surface area contributed by atoms with Gasteiger partial charge in [-0.25, -0.2) is 9.97 Å². The second-order valence-corrected chi connectivity index (χ2v) is 9.71. The first kappa shape index (κ1) is 19.2. The zero-order valence-corrected chi connectivity index (χ0v) is 18.0. The Kier molecular flexibility index (Phi) is 5.68. The van der Waals surface area contributed by atoms with Crippen LogP contribution in [0, 0.1) is 0 Å². The van der Waals surface area contributed by atoms with Gasteiger partial charge in [-0.15, -0.1) is 11.3 Å². The van der Waals surface area contributed by atoms with Crippen molar-refractivity contribution >= 4 is 33.3 Å². The van der Waals surface area contributed by atoms with Gasteiger partial charge in [-0.3, -0.25) is 9.69 Å². The molecule has 1 N–H and O–H groups in total. The van der Waals surface area contributed by atoms with Gasteiger partial charge in [0.15, 0.2) is 0 Å². The quantitative estimate of drug-likeness (QED) is 0.703. The van der Waals surface area contributed by atoms with Crippen LogP contribution in [-0.4, -0.2) is 58.4 Å². The van der Waals surface area contributed by atoms with Gasteiger partial charge in [0, 0.05) is 30.9 Å². The van der Waals surface area contributed by atoms with E-state index >= 15 is 0 Å². The van der Waals surface area contributed by atoms with Gasteiger partial charge in [0.2, 0.25) is 5.91 Å². The van der Waals surface area contributed by atoms with E-state index in [0.717, 1.165) is 81.4 Å². The van der Waals surface area contributed by atoms with Crippen LogP contribution in [0.5, 0.6) is 0 Å². The molecule has 1 amide bonds. The van der Waals surface area contributed by atoms with Gasteiger partial charge >= 0.3 is 0 Å². The van der Waals surface area contributed by atoms with Gasteiger partial charge in [-0.1, -0.05) is 6.42 Å². The minimum atomic E-state index is 0.314. The predicted molar refractivity (Wildman–Crippen MR) is 117 cm³/mol. The minimum absolute atomic E-state index is 0.314. The normalized spacial score (nSPS) is 20.0. The zero-order valence-electron chi connectivity index (χ0n) is 17.2. The summed E-state index contributed by atoms with van der Waals surface area (Å²) in [5.41, 5.74) is 1.48. The minimum Gasteiger partial charge on any atom is -0.369 e. The summed E-state index contributed by atoms with van der Waals surface area (Å²) in [6, 6.07) is 0. The van der Waals surface area contributed by atoms with Crippen LogP contribution in [-0.2, 0) is 24.2 Å². The molecule has 2 aliphatic heterocycles. The zero-order chi connectivity index (χ0) is 19.6. The van der Waals surface area contributed by atoms with Crippen LogP contribution in [0.1, 0.15) is 61.2 Å². The van der Waals surface area contributed by atoms with Crippen LogP contribution in [0.15, 0.2) is 0 Å². The maximum atomic E-state index is 11.8. The molecule has 2 saturated heterocycles. The molecule has 1 aliphatic carbocycles. The number of aryl methyl sites for hydroxylation is 2. The first-order chi connectivity index (χ1) is 14.3. The maximum absolute atomic E-state index is 11.8. The Labute approximate surface area is 176 Å². The van der Waals surface area contributed by atoms with E-state index in [0.29, 0.717) is 5.91 Å². The van der Waals surface area contributed by atoms with Crippen molar-refractivity contribution in [3.8, 4) is 0 Å². The van der Waals surface area contributed by atoms with E-state index in [4.69, 9.17) is 9.97 Å². The molecule has 29 heavy (non-hydrogen) atoms. The lowest BCUT2D eigenvalue weighted by Crippen LogP contribution is -2.30. The fraction of sp³-hybridized carbons (Fsp3) is 0.682. The number of aromatic nitrogens is 2. The molecule has 0 atom stereocenters. The van der Waals surface area contributed by atoms with Gasteiger partial charge in [-0.2, -0.15) is 0 Å². The molecule has 6 nitrogen and oxygen atoms in total. The van der Waals surface area contributed by atoms with Crippen LogP contribution >= 0.6 is 11.3 Å². The highest BCUT2D eigenvalue weighted by Crippen LogP contribution is 2.39. The number of piperidine rings is 1. The lowest BCUT2D eigenvalue weighted by molar-refractivity contribution is -0.127. The predicted octanol–water partition coefficient (Wildman–Crippen LogP) is 3.59. The fourth-order valence-electron chi connectivity index (χ4n) is 4.97. The van der Waals surface area contributed by atoms with E-state index < -0.39 is 0 Å². The Bertz CT molecular complexity index is 889. The Morgan fingerprint density at radius 2 is 1.86 bits per heavy atom. The summed E-state index contributed by atoms with van der Waals surface area (Å²) < 4.78 is 0. The first-order valence-corrected chi connectivity index (χ1v) is 12.1. The number of carbonyl (C=O) groups is 1. The van der Waals surface area contributed by atoms with Crippen LogP contribution < -0.4 is 5.32 Å². The Morgan fingerprint density at radius 3 is 2.69 bits per heavy atom. The third-order valence-corrected chi connectivity index (χ3v) is 7.68. The smallest absolute Gasteiger partial charge is 0.222 e. The third-order valence-electron chi connectivity index (χ3n) is 6.49. The molecule has 0 aromatic carbocycles. The summed E-state index contributed by atoms with van der Waals surface area (Å²) in [6.07, 6.45) is 10.2. The van der Waals surface area contributed by atoms with Crippen molar-refractivity contribution in [2.75, 3.05) is 38.0 Å². The van der Waals surface area contributed by atoms with Crippen LogP contribution in [0.3, 0.4) is 0 Å². The van der Waals surface area contributed by atoms with E-state index in [1.54, 1.807) is 0 Å². The number of carbonyl (C=O) groups excluding carboxylic acids is 1. The molecule has 156 valence electrons. The molecular weight excluding hydrogens is 382 g/mol. The molecule has 0 radical (unpaired) electrons. The topological polar surface area (TPSA) is 61.4 Å². The number of thiophene rings is 1. The highest BCUT2D eigenvalue weighted by atomic mass is 32.1. The highest BCUT2D eigenvalue weighted by molar-refractivity contribution is 7.19. The van der Waals surface area contributed by atoms with Crippen molar-refractivity contribution in [1.29, 1.82) is 0 Å². The van der Waals surface area contributed by atoms with Gasteiger partial charge in [0.25, 0.3) is 0 Å². The number of anilines is 1. The van der Waals surface area contributed by atoms with Gasteiger partial charge in [0.1, 0.15) is 16.5 Å². The monoisotopic (exact) mass is 413 g/mol. The second-order valence-electron chi connectivity index (χ2n) is 8.63. The Morgan fingerprint density at radius 1 is 0.966 bits per heavy atom. The number of likely N-dealkylation sites (tertiary alicyclic amines) is 2. The van der Waals surface area contributed by atoms with Crippen molar-refractivity contribution in [1.82, 2.24) is 19.8 Å². The van der Waals surface area contributed by atoms with Crippen molar-refractivity contribution < 1.29 is 4.79 Å². The summed E-state index contributed by atoms with van der Waals surface area (Å²) in [7, 11) is 0. The Hall–Kier alpha value is -1.73. The molecule has 3 aliphatic rings. The highest BCUT2D eigenvalue weighted by Gasteiger charge is 2.23. The fourth-order valence-corrected chi connectivity index (χ4v) is 6.25. The lowest BCUT2D eigenvalue weighted by Gasteiger charge is -2.25. The average Bonchev–Trinajstić information content (AvgIpc) is 3.42. The summed E-state index contributed by atoms with van der Waals surface area (Å²) in [6.45, 7) is 5.81. The molecule has 5 rings (SSSR count). The molecule has 0 saturated carbocycles. The molecule has 7 heteroatoms. The van der Waals surface area contributed by atoms with Crippen molar-refractivity contribution in [2.45, 2.75) is 64.3 Å². The summed E-state index contributed by atoms with van der Waals surface area (Å²) in [5.74, 6) is 2.29. The number of fused-ring (bicyclic) bond motifs is 3. The van der Waals surface area contributed by atoms with E-state index in [-0.39, 0.29) is 0 Å². The summed E-state index contributed by atoms with van der Waals surface area (Å²) in [5, 5.41) is 4.88. The molecular formula is C22H31N5OS. The number of nitrogens with one attached hydrogen (secondary N) is 1. The molecule has 2 fully saturated rings. The maximum Gasteiger partial charge on any atom is 0.222 e. The van der Waals surface area contributed by atoms with E-state index in [1.165, 1.54) is 47.9 Å². The Balaban J connectivity index is 1.32. The number of hydrogen-bond acceptors (Lipinski definition) is 6. The van der Waals surface area contributed by atoms with Gasteiger partial charge < -0.3 is 10.2 Å². The van der Waals surface area contributed by atoms with Crippen LogP contribution in [0.2, 0.25) is 0 Å².